The van der Waals surface area contributed by atoms with Crippen LogP contribution in [0.15, 0.2) is 4.99 Å². The van der Waals surface area contributed by atoms with Crippen LogP contribution in [-0.2, 0) is 4.74 Å². The molecule has 1 fully saturated rings. The van der Waals surface area contributed by atoms with Crippen molar-refractivity contribution < 1.29 is 4.74 Å². The van der Waals surface area contributed by atoms with Crippen molar-refractivity contribution in [2.75, 3.05) is 26.8 Å². The molecule has 0 aromatic carbocycles. The molecule has 0 heterocycles. The molecule has 16 heavy (non-hydrogen) atoms. The van der Waals surface area contributed by atoms with Crippen LogP contribution in [0.1, 0.15) is 32.6 Å². The van der Waals surface area contributed by atoms with Gasteiger partial charge in [-0.1, -0.05) is 12.8 Å². The van der Waals surface area contributed by atoms with Crippen LogP contribution in [0.25, 0.3) is 0 Å². The number of aliphatic imine (C=N–C) groups is 1. The first kappa shape index (κ1) is 13.3. The lowest BCUT2D eigenvalue weighted by atomic mass is 10.3. The molecule has 0 amide bonds. The van der Waals surface area contributed by atoms with E-state index in [2.05, 4.69) is 22.2 Å². The second-order valence-corrected chi connectivity index (χ2v) is 4.11. The number of hydrogen-bond donors (Lipinski definition) is 2. The predicted molar refractivity (Wildman–Crippen MR) is 66.1 cm³/mol. The Bertz CT molecular complexity index is 214. The van der Waals surface area contributed by atoms with E-state index in [1.807, 2.05) is 0 Å². The molecule has 3 N–H and O–H groups in total. The number of nitrogens with two attached hydrogens (primary N) is 1. The summed E-state index contributed by atoms with van der Waals surface area (Å²) in [6.07, 6.45) is 4.95. The molecule has 1 saturated carbocycles. The minimum atomic E-state index is 0.447. The number of hydrazine groups is 1. The Morgan fingerprint density at radius 1 is 1.50 bits per heavy atom. The molecule has 0 atom stereocenters. The lowest BCUT2D eigenvalue weighted by molar-refractivity contribution is 0.176. The number of hydrogen-bond acceptors (Lipinski definition) is 3. The minimum Gasteiger partial charge on any atom is -0.383 e. The van der Waals surface area contributed by atoms with Gasteiger partial charge in [0.15, 0.2) is 0 Å². The van der Waals surface area contributed by atoms with Gasteiger partial charge in [0.1, 0.15) is 0 Å². The SMILES string of the molecule is CCN(CCOC)C(=NC1CCCC1)NN. The van der Waals surface area contributed by atoms with Gasteiger partial charge in [-0.25, -0.2) is 10.8 Å². The summed E-state index contributed by atoms with van der Waals surface area (Å²) in [5.74, 6) is 6.33. The van der Waals surface area contributed by atoms with E-state index in [0.29, 0.717) is 12.6 Å². The Labute approximate surface area is 98.0 Å². The predicted octanol–water partition coefficient (Wildman–Crippen LogP) is 0.717. The summed E-state index contributed by atoms with van der Waals surface area (Å²) in [7, 11) is 1.71. The summed E-state index contributed by atoms with van der Waals surface area (Å²) in [5, 5.41) is 0. The molecule has 1 rings (SSSR count). The van der Waals surface area contributed by atoms with Crippen LogP contribution < -0.4 is 11.3 Å². The maximum absolute atomic E-state index is 5.54. The van der Waals surface area contributed by atoms with Crippen molar-refractivity contribution in [1.29, 1.82) is 0 Å². The number of ether oxygens (including phenoxy) is 1. The third kappa shape index (κ3) is 3.98. The Hall–Kier alpha value is -0.810. The fraction of sp³-hybridized carbons (Fsp3) is 0.909. The molecule has 0 bridgehead atoms. The average Bonchev–Trinajstić information content (AvgIpc) is 2.81. The van der Waals surface area contributed by atoms with Crippen molar-refractivity contribution in [1.82, 2.24) is 10.3 Å². The Kier molecular flexibility index (Phi) is 6.18. The lowest BCUT2D eigenvalue weighted by Crippen LogP contribution is -2.46. The molecule has 94 valence electrons. The molecule has 0 aliphatic heterocycles. The van der Waals surface area contributed by atoms with Gasteiger partial charge in [0, 0.05) is 20.2 Å². The zero-order valence-electron chi connectivity index (χ0n) is 10.4. The first-order chi connectivity index (χ1) is 7.81. The molecule has 5 heteroatoms. The van der Waals surface area contributed by atoms with Crippen molar-refractivity contribution in [2.24, 2.45) is 10.8 Å². The van der Waals surface area contributed by atoms with Crippen molar-refractivity contribution in [3.8, 4) is 0 Å². The van der Waals surface area contributed by atoms with Crippen LogP contribution in [-0.4, -0.2) is 43.7 Å². The number of rotatable bonds is 5. The first-order valence-electron chi connectivity index (χ1n) is 6.10. The topological polar surface area (TPSA) is 62.9 Å². The third-order valence-electron chi connectivity index (χ3n) is 3.01. The van der Waals surface area contributed by atoms with Gasteiger partial charge in [0.25, 0.3) is 0 Å². The number of nitrogens with zero attached hydrogens (tertiary/aromatic N) is 2. The van der Waals surface area contributed by atoms with E-state index in [1.165, 1.54) is 25.7 Å². The quantitative estimate of drug-likeness (QED) is 0.315. The summed E-state index contributed by atoms with van der Waals surface area (Å²) in [6, 6.07) is 0.447. The highest BCUT2D eigenvalue weighted by Crippen LogP contribution is 2.21. The van der Waals surface area contributed by atoms with Gasteiger partial charge >= 0.3 is 0 Å². The van der Waals surface area contributed by atoms with Crippen molar-refractivity contribution in [3.63, 3.8) is 0 Å². The van der Waals surface area contributed by atoms with E-state index in [0.717, 1.165) is 19.0 Å². The van der Waals surface area contributed by atoms with E-state index in [9.17, 15) is 0 Å². The number of guanidine groups is 1. The molecule has 0 aromatic heterocycles. The number of methoxy groups -OCH3 is 1. The molecule has 1 aliphatic carbocycles. The van der Waals surface area contributed by atoms with Gasteiger partial charge in [-0.15, -0.1) is 0 Å². The largest absolute Gasteiger partial charge is 0.383 e. The van der Waals surface area contributed by atoms with E-state index >= 15 is 0 Å². The van der Waals surface area contributed by atoms with E-state index in [1.54, 1.807) is 7.11 Å². The fourth-order valence-electron chi connectivity index (χ4n) is 2.03. The van der Waals surface area contributed by atoms with E-state index in [-0.39, 0.29) is 0 Å². The van der Waals surface area contributed by atoms with Gasteiger partial charge < -0.3 is 9.64 Å². The molecule has 0 unspecified atom stereocenters. The average molecular weight is 228 g/mol. The number of nitrogens with one attached hydrogen (secondary N) is 1. The Morgan fingerprint density at radius 2 is 2.19 bits per heavy atom. The van der Waals surface area contributed by atoms with Gasteiger partial charge in [-0.05, 0) is 19.8 Å². The summed E-state index contributed by atoms with van der Waals surface area (Å²) < 4.78 is 5.07. The van der Waals surface area contributed by atoms with Crippen LogP contribution in [0, 0.1) is 0 Å². The molecule has 0 saturated heterocycles. The maximum atomic E-state index is 5.54. The van der Waals surface area contributed by atoms with Crippen molar-refractivity contribution in [2.45, 2.75) is 38.6 Å². The third-order valence-corrected chi connectivity index (χ3v) is 3.01. The second kappa shape index (κ2) is 7.46. The van der Waals surface area contributed by atoms with Crippen LogP contribution in [0.2, 0.25) is 0 Å². The second-order valence-electron chi connectivity index (χ2n) is 4.11. The highest BCUT2D eigenvalue weighted by atomic mass is 16.5. The summed E-state index contributed by atoms with van der Waals surface area (Å²) in [4.78, 5) is 6.78. The molecule has 1 aliphatic rings. The molecule has 0 aromatic rings. The van der Waals surface area contributed by atoms with E-state index in [4.69, 9.17) is 10.6 Å². The van der Waals surface area contributed by atoms with Gasteiger partial charge in [-0.2, -0.15) is 0 Å². The van der Waals surface area contributed by atoms with Crippen molar-refractivity contribution in [3.05, 3.63) is 0 Å². The maximum Gasteiger partial charge on any atom is 0.208 e. The minimum absolute atomic E-state index is 0.447. The smallest absolute Gasteiger partial charge is 0.208 e. The Balaban J connectivity index is 2.54. The molecule has 0 radical (unpaired) electrons. The van der Waals surface area contributed by atoms with Crippen LogP contribution in [0.5, 0.6) is 0 Å². The highest BCUT2D eigenvalue weighted by Gasteiger charge is 2.16. The van der Waals surface area contributed by atoms with Crippen molar-refractivity contribution >= 4 is 5.96 Å². The fourth-order valence-corrected chi connectivity index (χ4v) is 2.03. The Morgan fingerprint density at radius 3 is 2.69 bits per heavy atom. The number of likely N-dealkylation sites (N-methyl/N-ethyl adjacent to an activating group) is 1. The van der Waals surface area contributed by atoms with Crippen LogP contribution in [0.4, 0.5) is 0 Å². The molecule has 5 nitrogen and oxygen atoms in total. The highest BCUT2D eigenvalue weighted by molar-refractivity contribution is 5.79. The van der Waals surface area contributed by atoms with Gasteiger partial charge in [0.2, 0.25) is 5.96 Å². The van der Waals surface area contributed by atoms with Gasteiger partial charge in [0.05, 0.1) is 12.6 Å². The standard InChI is InChI=1S/C11H24N4O/c1-3-15(8-9-16-2)11(14-12)13-10-6-4-5-7-10/h10H,3-9,12H2,1-2H3,(H,13,14). The summed E-state index contributed by atoms with van der Waals surface area (Å²) in [5.41, 5.74) is 2.71. The zero-order valence-corrected chi connectivity index (χ0v) is 10.4. The monoisotopic (exact) mass is 228 g/mol. The molecular formula is C11H24N4O. The lowest BCUT2D eigenvalue weighted by Gasteiger charge is -2.24. The van der Waals surface area contributed by atoms with Gasteiger partial charge in [-0.3, -0.25) is 5.43 Å². The zero-order chi connectivity index (χ0) is 11.8. The first-order valence-corrected chi connectivity index (χ1v) is 6.10. The summed E-state index contributed by atoms with van der Waals surface area (Å²) >= 11 is 0. The molecule has 0 spiro atoms. The van der Waals surface area contributed by atoms with Crippen LogP contribution >= 0.6 is 0 Å². The summed E-state index contributed by atoms with van der Waals surface area (Å²) in [6.45, 7) is 4.50. The normalized spacial score (nSPS) is 17.8. The van der Waals surface area contributed by atoms with Crippen LogP contribution in [0.3, 0.4) is 0 Å². The van der Waals surface area contributed by atoms with E-state index < -0.39 is 0 Å². The molecular weight excluding hydrogens is 204 g/mol.